The molecule has 3 aliphatic heterocycles. The lowest BCUT2D eigenvalue weighted by atomic mass is 10.1. The van der Waals surface area contributed by atoms with E-state index in [2.05, 4.69) is 0 Å². The number of alkyl halides is 1. The lowest BCUT2D eigenvalue weighted by Gasteiger charge is -2.29. The van der Waals surface area contributed by atoms with Crippen LogP contribution in [0.3, 0.4) is 0 Å². The molecule has 25 heavy (non-hydrogen) atoms. The predicted molar refractivity (Wildman–Crippen MR) is 88.0 cm³/mol. The van der Waals surface area contributed by atoms with Gasteiger partial charge in [-0.05, 0) is 34.1 Å². The average Bonchev–Trinajstić information content (AvgIpc) is 3.10. The first kappa shape index (κ1) is 19.3. The van der Waals surface area contributed by atoms with Gasteiger partial charge in [0.25, 0.3) is 0 Å². The summed E-state index contributed by atoms with van der Waals surface area (Å²) in [4.78, 5) is 12.3. The van der Waals surface area contributed by atoms with E-state index in [1.165, 1.54) is 0 Å². The van der Waals surface area contributed by atoms with E-state index in [0.717, 1.165) is 6.42 Å². The fourth-order valence-electron chi connectivity index (χ4n) is 3.39. The molecule has 3 fully saturated rings. The number of ether oxygens (including phenoxy) is 6. The van der Waals surface area contributed by atoms with Gasteiger partial charge in [0.05, 0.1) is 6.61 Å². The van der Waals surface area contributed by atoms with Crippen LogP contribution in [-0.2, 0) is 33.2 Å². The molecule has 0 aromatic carbocycles. The molecule has 3 rings (SSSR count). The topological polar surface area (TPSA) is 72.5 Å². The number of carbonyl (C=O) groups excluding carboxylic acids is 1. The van der Waals surface area contributed by atoms with E-state index in [0.29, 0.717) is 13.0 Å². The zero-order valence-electron chi connectivity index (χ0n) is 15.3. The third-order valence-electron chi connectivity index (χ3n) is 4.47. The van der Waals surface area contributed by atoms with Crippen molar-refractivity contribution in [1.29, 1.82) is 0 Å². The molecule has 0 aliphatic carbocycles. The SMILES string of the molecule is CCC[C@H](Cl)C(=O)O[C@@H]1[C@H]2OC(C)(C)O[C@H]2O[C@@H]1[C@H]1COC(C)(C)O1. The summed E-state index contributed by atoms with van der Waals surface area (Å²) in [6.45, 7) is 9.55. The third-order valence-corrected chi connectivity index (χ3v) is 4.87. The van der Waals surface area contributed by atoms with Gasteiger partial charge >= 0.3 is 5.97 Å². The van der Waals surface area contributed by atoms with Crippen LogP contribution in [0.2, 0.25) is 0 Å². The summed E-state index contributed by atoms with van der Waals surface area (Å²) in [5.74, 6) is -1.99. The summed E-state index contributed by atoms with van der Waals surface area (Å²) in [5.41, 5.74) is 0. The number of halogens is 1. The molecule has 0 amide bonds. The van der Waals surface area contributed by atoms with Gasteiger partial charge in [0, 0.05) is 0 Å². The highest BCUT2D eigenvalue weighted by Crippen LogP contribution is 2.42. The van der Waals surface area contributed by atoms with E-state index in [1.807, 2.05) is 20.8 Å². The Kier molecular flexibility index (Phi) is 5.37. The molecule has 0 N–H and O–H groups in total. The van der Waals surface area contributed by atoms with Crippen LogP contribution in [0.4, 0.5) is 0 Å². The molecular weight excluding hydrogens is 352 g/mol. The van der Waals surface area contributed by atoms with E-state index in [4.69, 9.17) is 40.0 Å². The van der Waals surface area contributed by atoms with E-state index >= 15 is 0 Å². The van der Waals surface area contributed by atoms with Crippen LogP contribution >= 0.6 is 11.6 Å². The Morgan fingerprint density at radius 1 is 1.16 bits per heavy atom. The highest BCUT2D eigenvalue weighted by molar-refractivity contribution is 6.29. The summed E-state index contributed by atoms with van der Waals surface area (Å²) < 4.78 is 34.8. The molecule has 0 saturated carbocycles. The van der Waals surface area contributed by atoms with Gasteiger partial charge in [-0.3, -0.25) is 4.79 Å². The molecule has 7 nitrogen and oxygen atoms in total. The van der Waals surface area contributed by atoms with Crippen molar-refractivity contribution in [2.45, 2.75) is 95.1 Å². The maximum absolute atomic E-state index is 12.3. The molecule has 3 saturated heterocycles. The van der Waals surface area contributed by atoms with Gasteiger partial charge in [-0.15, -0.1) is 11.6 Å². The van der Waals surface area contributed by atoms with Gasteiger partial charge in [0.2, 0.25) is 0 Å². The van der Waals surface area contributed by atoms with E-state index in [1.54, 1.807) is 13.8 Å². The van der Waals surface area contributed by atoms with Gasteiger partial charge in [-0.25, -0.2) is 0 Å². The van der Waals surface area contributed by atoms with E-state index in [-0.39, 0.29) is 6.10 Å². The number of esters is 1. The van der Waals surface area contributed by atoms with Gasteiger partial charge in [0.15, 0.2) is 30.1 Å². The lowest BCUT2D eigenvalue weighted by Crippen LogP contribution is -2.46. The molecule has 3 heterocycles. The lowest BCUT2D eigenvalue weighted by molar-refractivity contribution is -0.235. The molecule has 144 valence electrons. The van der Waals surface area contributed by atoms with Crippen molar-refractivity contribution in [3.63, 3.8) is 0 Å². The van der Waals surface area contributed by atoms with Crippen molar-refractivity contribution >= 4 is 17.6 Å². The van der Waals surface area contributed by atoms with Crippen LogP contribution in [-0.4, -0.2) is 60.2 Å². The molecule has 8 heteroatoms. The molecule has 0 aromatic rings. The van der Waals surface area contributed by atoms with Crippen LogP contribution in [0.1, 0.15) is 47.5 Å². The zero-order valence-corrected chi connectivity index (χ0v) is 16.1. The molecule has 0 radical (unpaired) electrons. The highest BCUT2D eigenvalue weighted by Gasteiger charge is 2.60. The van der Waals surface area contributed by atoms with Crippen LogP contribution in [0.5, 0.6) is 0 Å². The maximum Gasteiger partial charge on any atom is 0.324 e. The Morgan fingerprint density at radius 3 is 2.48 bits per heavy atom. The van der Waals surface area contributed by atoms with Gasteiger partial charge in [0.1, 0.15) is 17.6 Å². The zero-order chi connectivity index (χ0) is 18.4. The summed E-state index contributed by atoms with van der Waals surface area (Å²) in [6, 6.07) is 0. The molecule has 3 aliphatic rings. The van der Waals surface area contributed by atoms with Crippen molar-refractivity contribution in [2.24, 2.45) is 0 Å². The van der Waals surface area contributed by atoms with Crippen LogP contribution in [0.25, 0.3) is 0 Å². The second-order valence-electron chi connectivity index (χ2n) is 7.59. The molecular formula is C17H27ClO7. The molecule has 0 bridgehead atoms. The second-order valence-corrected chi connectivity index (χ2v) is 8.12. The Balaban J connectivity index is 1.74. The van der Waals surface area contributed by atoms with Gasteiger partial charge in [-0.1, -0.05) is 13.3 Å². The predicted octanol–water partition coefficient (Wildman–Crippen LogP) is 2.33. The first-order valence-electron chi connectivity index (χ1n) is 8.79. The van der Waals surface area contributed by atoms with Crippen molar-refractivity contribution in [2.75, 3.05) is 6.61 Å². The van der Waals surface area contributed by atoms with E-state index < -0.39 is 47.5 Å². The van der Waals surface area contributed by atoms with Crippen LogP contribution in [0, 0.1) is 0 Å². The van der Waals surface area contributed by atoms with Gasteiger partial charge < -0.3 is 28.4 Å². The number of rotatable bonds is 5. The summed E-state index contributed by atoms with van der Waals surface area (Å²) in [7, 11) is 0. The monoisotopic (exact) mass is 378 g/mol. The van der Waals surface area contributed by atoms with Crippen molar-refractivity contribution in [1.82, 2.24) is 0 Å². The Labute approximate surface area is 153 Å². The first-order valence-corrected chi connectivity index (χ1v) is 9.23. The van der Waals surface area contributed by atoms with Crippen LogP contribution < -0.4 is 0 Å². The molecule has 6 atom stereocenters. The minimum absolute atomic E-state index is 0.341. The summed E-state index contributed by atoms with van der Waals surface area (Å²) in [5, 5.41) is -0.697. The fraction of sp³-hybridized carbons (Fsp3) is 0.941. The maximum atomic E-state index is 12.3. The average molecular weight is 379 g/mol. The standard InChI is InChI=1S/C17H27ClO7/c1-6-7-9(18)14(19)21-12-11(10-8-20-16(2,3)23-10)22-15-13(12)24-17(4,5)25-15/h9-13,15H,6-8H2,1-5H3/t9-,10+,11+,12-,13+,15+/m0/s1. The molecule has 0 aromatic heterocycles. The molecule has 0 unspecified atom stereocenters. The highest BCUT2D eigenvalue weighted by atomic mass is 35.5. The number of hydrogen-bond acceptors (Lipinski definition) is 7. The van der Waals surface area contributed by atoms with E-state index in [9.17, 15) is 4.79 Å². The minimum atomic E-state index is -0.805. The first-order chi connectivity index (χ1) is 11.6. The van der Waals surface area contributed by atoms with Crippen molar-refractivity contribution < 1.29 is 33.2 Å². The normalized spacial score (nSPS) is 40.0. The molecule has 0 spiro atoms. The summed E-state index contributed by atoms with van der Waals surface area (Å²) >= 11 is 6.12. The Bertz CT molecular complexity index is 509. The fourth-order valence-corrected chi connectivity index (χ4v) is 3.66. The number of carbonyl (C=O) groups is 1. The van der Waals surface area contributed by atoms with Crippen molar-refractivity contribution in [3.8, 4) is 0 Å². The quantitative estimate of drug-likeness (QED) is 0.537. The number of fused-ring (bicyclic) bond motifs is 1. The second kappa shape index (κ2) is 6.94. The Morgan fingerprint density at radius 2 is 1.88 bits per heavy atom. The smallest absolute Gasteiger partial charge is 0.324 e. The Hall–Kier alpha value is -0.440. The largest absolute Gasteiger partial charge is 0.455 e. The number of hydrogen-bond donors (Lipinski definition) is 0. The van der Waals surface area contributed by atoms with Crippen LogP contribution in [0.15, 0.2) is 0 Å². The summed E-state index contributed by atoms with van der Waals surface area (Å²) in [6.07, 6.45) is -1.39. The minimum Gasteiger partial charge on any atom is -0.455 e. The third kappa shape index (κ3) is 4.12. The van der Waals surface area contributed by atoms with Gasteiger partial charge in [-0.2, -0.15) is 0 Å². The van der Waals surface area contributed by atoms with Crippen molar-refractivity contribution in [3.05, 3.63) is 0 Å².